The van der Waals surface area contributed by atoms with Crippen LogP contribution < -0.4 is 0 Å². The molecule has 0 saturated heterocycles. The van der Waals surface area contributed by atoms with Crippen LogP contribution in [0.15, 0.2) is 37.2 Å². The van der Waals surface area contributed by atoms with Crippen molar-refractivity contribution in [2.75, 3.05) is 0 Å². The van der Waals surface area contributed by atoms with Crippen LogP contribution in [-0.2, 0) is 19.5 Å². The van der Waals surface area contributed by atoms with E-state index in [1.807, 2.05) is 0 Å². The predicted octanol–water partition coefficient (Wildman–Crippen LogP) is 0.931. The Labute approximate surface area is 88.3 Å². The maximum atomic E-state index is 4.08. The third kappa shape index (κ3) is 2.36. The van der Waals surface area contributed by atoms with Gasteiger partial charge in [0.25, 0.3) is 0 Å². The smallest absolute Gasteiger partial charge is 0.261 e. The minimum absolute atomic E-state index is 0. The number of rotatable bonds is 1. The molecule has 0 N–H and O–H groups in total. The molecule has 2 heterocycles. The summed E-state index contributed by atoms with van der Waals surface area (Å²) in [5.41, 5.74) is 1.48. The molecular weight excluding hydrogens is 253 g/mol. The van der Waals surface area contributed by atoms with Crippen LogP contribution in [0.5, 0.6) is 0 Å². The summed E-state index contributed by atoms with van der Waals surface area (Å²) in [6.07, 6.45) is 9.82. The van der Waals surface area contributed by atoms with Crippen LogP contribution in [0.4, 0.5) is 0 Å². The first-order valence-electron chi connectivity index (χ1n) is 3.49. The summed E-state index contributed by atoms with van der Waals surface area (Å²) in [7, 11) is 0. The van der Waals surface area contributed by atoms with Crippen molar-refractivity contribution in [1.29, 1.82) is 0 Å². The molecule has 2 aromatic rings. The van der Waals surface area contributed by atoms with Gasteiger partial charge in [-0.15, -0.1) is 0 Å². The van der Waals surface area contributed by atoms with E-state index in [0.29, 0.717) is 0 Å². The summed E-state index contributed by atoms with van der Waals surface area (Å²) in [5.74, 6) is 0. The average molecular weight is 259 g/mol. The van der Waals surface area contributed by atoms with Crippen LogP contribution >= 0.6 is 0 Å². The monoisotopic (exact) mass is 260 g/mol. The van der Waals surface area contributed by atoms with Crippen molar-refractivity contribution in [3.63, 3.8) is 0 Å². The van der Waals surface area contributed by atoms with E-state index in [4.69, 9.17) is 0 Å². The topological polar surface area (TPSA) is 51.6 Å². The number of hydrogen-bond donors (Lipinski definition) is 0. The molecule has 0 aromatic carbocycles. The molecule has 0 aliphatic heterocycles. The molecule has 2 rings (SSSR count). The van der Waals surface area contributed by atoms with Gasteiger partial charge in [0, 0.05) is 24.8 Å². The molecule has 64 valence electrons. The SMILES string of the molecule is [Ru+2].c1cnc(-c2cnccn2)cn1. The van der Waals surface area contributed by atoms with Crippen LogP contribution in [0.1, 0.15) is 0 Å². The van der Waals surface area contributed by atoms with E-state index in [2.05, 4.69) is 19.9 Å². The zero-order valence-corrected chi connectivity index (χ0v) is 8.34. The van der Waals surface area contributed by atoms with E-state index < -0.39 is 0 Å². The Hall–Kier alpha value is -1.22. The molecule has 0 spiro atoms. The first kappa shape index (κ1) is 9.87. The van der Waals surface area contributed by atoms with Crippen LogP contribution in [0.2, 0.25) is 0 Å². The third-order valence-electron chi connectivity index (χ3n) is 1.39. The fourth-order valence-corrected chi connectivity index (χ4v) is 0.863. The minimum Gasteiger partial charge on any atom is -0.261 e. The molecule has 0 bridgehead atoms. The molecule has 0 amide bonds. The van der Waals surface area contributed by atoms with Crippen LogP contribution in [0, 0.1) is 0 Å². The second-order valence-electron chi connectivity index (χ2n) is 2.18. The average Bonchev–Trinajstić information content (AvgIpc) is 2.21. The van der Waals surface area contributed by atoms with Gasteiger partial charge >= 0.3 is 19.5 Å². The van der Waals surface area contributed by atoms with Gasteiger partial charge in [0.05, 0.1) is 12.4 Å². The normalized spacial score (nSPS) is 8.92. The van der Waals surface area contributed by atoms with Crippen LogP contribution in [0.3, 0.4) is 0 Å². The Morgan fingerprint density at radius 3 is 1.46 bits per heavy atom. The first-order valence-corrected chi connectivity index (χ1v) is 3.49. The molecule has 0 radical (unpaired) electrons. The van der Waals surface area contributed by atoms with E-state index in [1.165, 1.54) is 0 Å². The van der Waals surface area contributed by atoms with Crippen molar-refractivity contribution >= 4 is 0 Å². The molecule has 13 heavy (non-hydrogen) atoms. The van der Waals surface area contributed by atoms with Gasteiger partial charge in [0.1, 0.15) is 11.4 Å². The quantitative estimate of drug-likeness (QED) is 0.715. The van der Waals surface area contributed by atoms with Gasteiger partial charge in [-0.25, -0.2) is 0 Å². The molecule has 0 atom stereocenters. The fraction of sp³-hybridized carbons (Fsp3) is 0. The second kappa shape index (κ2) is 4.72. The summed E-state index contributed by atoms with van der Waals surface area (Å²) in [6, 6.07) is 0. The van der Waals surface area contributed by atoms with Gasteiger partial charge < -0.3 is 0 Å². The zero-order chi connectivity index (χ0) is 8.23. The van der Waals surface area contributed by atoms with Crippen LogP contribution in [-0.4, -0.2) is 19.9 Å². The molecule has 0 aliphatic rings. The maximum Gasteiger partial charge on any atom is 2.00 e. The van der Waals surface area contributed by atoms with Crippen molar-refractivity contribution in [2.24, 2.45) is 0 Å². The largest absolute Gasteiger partial charge is 2.00 e. The Bertz CT molecular complexity index is 314. The predicted molar refractivity (Wildman–Crippen MR) is 43.1 cm³/mol. The van der Waals surface area contributed by atoms with E-state index in [-0.39, 0.29) is 19.5 Å². The molecular formula is C8H6N4Ru+2. The van der Waals surface area contributed by atoms with Gasteiger partial charge in [0.15, 0.2) is 0 Å². The summed E-state index contributed by atoms with van der Waals surface area (Å²) in [6.45, 7) is 0. The Morgan fingerprint density at radius 2 is 1.15 bits per heavy atom. The standard InChI is InChI=1S/C8H6N4.Ru/c1-3-11-7(5-9-1)8-6-10-2-4-12-8;/h1-6H;/q;+2. The van der Waals surface area contributed by atoms with E-state index >= 15 is 0 Å². The molecule has 0 unspecified atom stereocenters. The van der Waals surface area contributed by atoms with Gasteiger partial charge in [-0.2, -0.15) is 0 Å². The summed E-state index contributed by atoms with van der Waals surface area (Å²) < 4.78 is 0. The number of aromatic nitrogens is 4. The van der Waals surface area contributed by atoms with Crippen LogP contribution in [0.25, 0.3) is 11.4 Å². The number of hydrogen-bond acceptors (Lipinski definition) is 4. The molecule has 0 fully saturated rings. The molecule has 0 saturated carbocycles. The third-order valence-corrected chi connectivity index (χ3v) is 1.39. The summed E-state index contributed by atoms with van der Waals surface area (Å²) >= 11 is 0. The molecule has 0 aliphatic carbocycles. The summed E-state index contributed by atoms with van der Waals surface area (Å²) in [4.78, 5) is 16.0. The van der Waals surface area contributed by atoms with Crippen molar-refractivity contribution in [1.82, 2.24) is 19.9 Å². The Morgan fingerprint density at radius 1 is 0.692 bits per heavy atom. The van der Waals surface area contributed by atoms with Gasteiger partial charge in [0.2, 0.25) is 0 Å². The molecule has 2 aromatic heterocycles. The fourth-order valence-electron chi connectivity index (χ4n) is 0.863. The van der Waals surface area contributed by atoms with Gasteiger partial charge in [-0.3, -0.25) is 19.9 Å². The second-order valence-corrected chi connectivity index (χ2v) is 2.18. The van der Waals surface area contributed by atoms with Gasteiger partial charge in [-0.05, 0) is 0 Å². The van der Waals surface area contributed by atoms with Gasteiger partial charge in [-0.1, -0.05) is 0 Å². The van der Waals surface area contributed by atoms with Crippen molar-refractivity contribution in [3.8, 4) is 11.4 Å². The first-order chi connectivity index (χ1) is 5.97. The Balaban J connectivity index is 0.000000845. The van der Waals surface area contributed by atoms with E-state index in [1.54, 1.807) is 37.2 Å². The van der Waals surface area contributed by atoms with E-state index in [0.717, 1.165) is 11.4 Å². The van der Waals surface area contributed by atoms with Crippen molar-refractivity contribution < 1.29 is 19.5 Å². The van der Waals surface area contributed by atoms with Crippen molar-refractivity contribution in [3.05, 3.63) is 37.2 Å². The molecule has 4 nitrogen and oxygen atoms in total. The van der Waals surface area contributed by atoms with Crippen molar-refractivity contribution in [2.45, 2.75) is 0 Å². The zero-order valence-electron chi connectivity index (χ0n) is 6.61. The Kier molecular flexibility index (Phi) is 3.58. The number of nitrogens with zero attached hydrogens (tertiary/aromatic N) is 4. The molecule has 5 heteroatoms. The minimum atomic E-state index is 0. The van der Waals surface area contributed by atoms with E-state index in [9.17, 15) is 0 Å². The maximum absolute atomic E-state index is 4.08. The summed E-state index contributed by atoms with van der Waals surface area (Å²) in [5, 5.41) is 0.